The molecule has 82 valence electrons. The molecular weight excluding hydrogens is 184 g/mol. The molecule has 2 rings (SSSR count). The van der Waals surface area contributed by atoms with E-state index in [9.17, 15) is 0 Å². The van der Waals surface area contributed by atoms with Crippen LogP contribution in [0.25, 0.3) is 0 Å². The summed E-state index contributed by atoms with van der Waals surface area (Å²) in [5, 5.41) is 0. The molecule has 1 fully saturated rings. The van der Waals surface area contributed by atoms with E-state index in [1.54, 1.807) is 5.56 Å². The lowest BCUT2D eigenvalue weighted by Gasteiger charge is -2.14. The number of benzene rings is 1. The maximum Gasteiger partial charge on any atom is 0.119 e. The standard InChI is InChI=1S/C14H20O/c1-4-15-12-7-8-13(11-5-6-11)14(9-12)10(2)3/h7-11H,4-6H2,1-3H3. The molecule has 1 aliphatic rings. The molecule has 1 nitrogen and oxygen atoms in total. The summed E-state index contributed by atoms with van der Waals surface area (Å²) < 4.78 is 5.55. The van der Waals surface area contributed by atoms with Crippen molar-refractivity contribution in [2.45, 2.75) is 45.4 Å². The summed E-state index contributed by atoms with van der Waals surface area (Å²) in [6.07, 6.45) is 2.74. The highest BCUT2D eigenvalue weighted by Gasteiger charge is 2.26. The number of rotatable bonds is 4. The van der Waals surface area contributed by atoms with E-state index in [0.717, 1.165) is 18.3 Å². The SMILES string of the molecule is CCOc1ccc(C2CC2)c(C(C)C)c1. The third-order valence-electron chi connectivity index (χ3n) is 3.01. The molecular formula is C14H20O. The van der Waals surface area contributed by atoms with Crippen molar-refractivity contribution in [2.24, 2.45) is 0 Å². The van der Waals surface area contributed by atoms with Gasteiger partial charge in [-0.3, -0.25) is 0 Å². The van der Waals surface area contributed by atoms with Gasteiger partial charge in [-0.1, -0.05) is 19.9 Å². The van der Waals surface area contributed by atoms with Crippen LogP contribution in [0.2, 0.25) is 0 Å². The van der Waals surface area contributed by atoms with E-state index in [1.165, 1.54) is 18.4 Å². The van der Waals surface area contributed by atoms with Crippen molar-refractivity contribution in [1.82, 2.24) is 0 Å². The second-order valence-corrected chi connectivity index (χ2v) is 4.65. The largest absolute Gasteiger partial charge is 0.494 e. The minimum atomic E-state index is 0.598. The van der Waals surface area contributed by atoms with Gasteiger partial charge in [0.25, 0.3) is 0 Å². The van der Waals surface area contributed by atoms with E-state index in [2.05, 4.69) is 32.0 Å². The highest BCUT2D eigenvalue weighted by molar-refractivity contribution is 5.41. The molecule has 0 bridgehead atoms. The minimum Gasteiger partial charge on any atom is -0.494 e. The van der Waals surface area contributed by atoms with Crippen LogP contribution in [-0.4, -0.2) is 6.61 Å². The van der Waals surface area contributed by atoms with Gasteiger partial charge >= 0.3 is 0 Å². The molecule has 0 unspecified atom stereocenters. The predicted molar refractivity (Wildman–Crippen MR) is 63.7 cm³/mol. The Labute approximate surface area is 92.5 Å². The first-order chi connectivity index (χ1) is 7.22. The van der Waals surface area contributed by atoms with Crippen molar-refractivity contribution in [3.63, 3.8) is 0 Å². The van der Waals surface area contributed by atoms with Crippen LogP contribution in [0.4, 0.5) is 0 Å². The smallest absolute Gasteiger partial charge is 0.119 e. The van der Waals surface area contributed by atoms with Crippen molar-refractivity contribution >= 4 is 0 Å². The molecule has 0 saturated heterocycles. The molecule has 0 aromatic heterocycles. The first-order valence-corrected chi connectivity index (χ1v) is 5.99. The van der Waals surface area contributed by atoms with Crippen molar-refractivity contribution in [3.05, 3.63) is 29.3 Å². The molecule has 0 radical (unpaired) electrons. The van der Waals surface area contributed by atoms with Gasteiger partial charge in [0.15, 0.2) is 0 Å². The summed E-state index contributed by atoms with van der Waals surface area (Å²) in [5.41, 5.74) is 3.02. The number of ether oxygens (including phenoxy) is 1. The lowest BCUT2D eigenvalue weighted by Crippen LogP contribution is -1.98. The van der Waals surface area contributed by atoms with Crippen LogP contribution in [-0.2, 0) is 0 Å². The fourth-order valence-corrected chi connectivity index (χ4v) is 2.08. The monoisotopic (exact) mass is 204 g/mol. The van der Waals surface area contributed by atoms with Crippen LogP contribution in [0.3, 0.4) is 0 Å². The van der Waals surface area contributed by atoms with Crippen LogP contribution in [0.5, 0.6) is 5.75 Å². The lowest BCUT2D eigenvalue weighted by atomic mass is 9.94. The summed E-state index contributed by atoms with van der Waals surface area (Å²) in [6, 6.07) is 6.60. The van der Waals surface area contributed by atoms with E-state index in [4.69, 9.17) is 4.74 Å². The molecule has 1 aromatic carbocycles. The van der Waals surface area contributed by atoms with Gasteiger partial charge in [-0.2, -0.15) is 0 Å². The molecule has 0 N–H and O–H groups in total. The lowest BCUT2D eigenvalue weighted by molar-refractivity contribution is 0.339. The fraction of sp³-hybridized carbons (Fsp3) is 0.571. The van der Waals surface area contributed by atoms with Crippen molar-refractivity contribution in [3.8, 4) is 5.75 Å². The maximum absolute atomic E-state index is 5.55. The average molecular weight is 204 g/mol. The topological polar surface area (TPSA) is 9.23 Å². The van der Waals surface area contributed by atoms with Gasteiger partial charge in [-0.15, -0.1) is 0 Å². The highest BCUT2D eigenvalue weighted by atomic mass is 16.5. The third-order valence-corrected chi connectivity index (χ3v) is 3.01. The van der Waals surface area contributed by atoms with Crippen LogP contribution in [0.15, 0.2) is 18.2 Å². The van der Waals surface area contributed by atoms with Gasteiger partial charge in [0.1, 0.15) is 5.75 Å². The fourth-order valence-electron chi connectivity index (χ4n) is 2.08. The van der Waals surface area contributed by atoms with Crippen LogP contribution in [0, 0.1) is 0 Å². The summed E-state index contributed by atoms with van der Waals surface area (Å²) in [6.45, 7) is 7.30. The Kier molecular flexibility index (Phi) is 2.99. The molecule has 0 spiro atoms. The maximum atomic E-state index is 5.55. The molecule has 15 heavy (non-hydrogen) atoms. The van der Waals surface area contributed by atoms with Gasteiger partial charge in [0.05, 0.1) is 6.61 Å². The van der Waals surface area contributed by atoms with E-state index >= 15 is 0 Å². The Balaban J connectivity index is 2.30. The summed E-state index contributed by atoms with van der Waals surface area (Å²) in [5.74, 6) is 2.45. The molecule has 0 aliphatic heterocycles. The first-order valence-electron chi connectivity index (χ1n) is 5.99. The van der Waals surface area contributed by atoms with Gasteiger partial charge < -0.3 is 4.74 Å². The Morgan fingerprint density at radius 1 is 1.33 bits per heavy atom. The highest BCUT2D eigenvalue weighted by Crippen LogP contribution is 2.44. The van der Waals surface area contributed by atoms with E-state index < -0.39 is 0 Å². The van der Waals surface area contributed by atoms with Gasteiger partial charge in [-0.05, 0) is 54.9 Å². The van der Waals surface area contributed by atoms with E-state index in [0.29, 0.717) is 5.92 Å². The van der Waals surface area contributed by atoms with Gasteiger partial charge in [0, 0.05) is 0 Å². The zero-order chi connectivity index (χ0) is 10.8. The molecule has 1 aromatic rings. The Bertz CT molecular complexity index is 337. The van der Waals surface area contributed by atoms with Gasteiger partial charge in [0.2, 0.25) is 0 Å². The summed E-state index contributed by atoms with van der Waals surface area (Å²) in [7, 11) is 0. The Morgan fingerprint density at radius 2 is 2.07 bits per heavy atom. The Morgan fingerprint density at radius 3 is 2.60 bits per heavy atom. The average Bonchev–Trinajstić information content (AvgIpc) is 3.01. The third kappa shape index (κ3) is 2.34. The normalized spacial score (nSPS) is 15.7. The number of hydrogen-bond donors (Lipinski definition) is 0. The van der Waals surface area contributed by atoms with Crippen LogP contribution < -0.4 is 4.74 Å². The summed E-state index contributed by atoms with van der Waals surface area (Å²) in [4.78, 5) is 0. The van der Waals surface area contributed by atoms with Crippen LogP contribution in [0.1, 0.15) is 56.6 Å². The molecule has 0 heterocycles. The second kappa shape index (κ2) is 4.26. The van der Waals surface area contributed by atoms with Gasteiger partial charge in [-0.25, -0.2) is 0 Å². The van der Waals surface area contributed by atoms with E-state index in [1.807, 2.05) is 6.92 Å². The van der Waals surface area contributed by atoms with Crippen molar-refractivity contribution in [1.29, 1.82) is 0 Å². The molecule has 0 atom stereocenters. The Hall–Kier alpha value is -0.980. The minimum absolute atomic E-state index is 0.598. The zero-order valence-corrected chi connectivity index (χ0v) is 9.92. The first kappa shape index (κ1) is 10.5. The molecule has 1 heteroatoms. The van der Waals surface area contributed by atoms with E-state index in [-0.39, 0.29) is 0 Å². The molecule has 1 saturated carbocycles. The van der Waals surface area contributed by atoms with Crippen molar-refractivity contribution < 1.29 is 4.74 Å². The number of hydrogen-bond acceptors (Lipinski definition) is 1. The van der Waals surface area contributed by atoms with Crippen LogP contribution >= 0.6 is 0 Å². The summed E-state index contributed by atoms with van der Waals surface area (Å²) >= 11 is 0. The second-order valence-electron chi connectivity index (χ2n) is 4.65. The molecule has 1 aliphatic carbocycles. The van der Waals surface area contributed by atoms with Crippen molar-refractivity contribution in [2.75, 3.05) is 6.61 Å². The zero-order valence-electron chi connectivity index (χ0n) is 9.92. The predicted octanol–water partition coefficient (Wildman–Crippen LogP) is 4.09. The molecule has 0 amide bonds. The quantitative estimate of drug-likeness (QED) is 0.718.